The topological polar surface area (TPSA) is 66.0 Å². The Bertz CT molecular complexity index is 521. The minimum Gasteiger partial charge on any atom is -0.489 e. The van der Waals surface area contributed by atoms with Crippen LogP contribution >= 0.6 is 0 Å². The van der Waals surface area contributed by atoms with Crippen molar-refractivity contribution in [3.63, 3.8) is 0 Å². The number of hydrogen-bond donors (Lipinski definition) is 1. The van der Waals surface area contributed by atoms with Gasteiger partial charge in [0.25, 0.3) is 0 Å². The molecule has 2 rings (SSSR count). The third-order valence-electron chi connectivity index (χ3n) is 2.64. The average Bonchev–Trinajstić information content (AvgIpc) is 2.74. The predicted octanol–water partition coefficient (Wildman–Crippen LogP) is 1.65. The lowest BCUT2D eigenvalue weighted by Crippen LogP contribution is -2.16. The molecule has 0 aliphatic heterocycles. The molecule has 0 fully saturated rings. The fraction of sp³-hybridized carbons (Fsp3) is 0.385. The summed E-state index contributed by atoms with van der Waals surface area (Å²) in [6.07, 6.45) is 5.30. The van der Waals surface area contributed by atoms with E-state index in [1.165, 1.54) is 0 Å². The number of pyridine rings is 1. The molecule has 0 spiro atoms. The number of ether oxygens (including phenoxy) is 1. The van der Waals surface area contributed by atoms with Crippen molar-refractivity contribution in [2.45, 2.75) is 26.0 Å². The largest absolute Gasteiger partial charge is 0.489 e. The second-order valence-corrected chi connectivity index (χ2v) is 4.48. The van der Waals surface area contributed by atoms with Gasteiger partial charge < -0.3 is 10.5 Å². The smallest absolute Gasteiger partial charge is 0.138 e. The van der Waals surface area contributed by atoms with E-state index in [0.717, 1.165) is 17.0 Å². The van der Waals surface area contributed by atoms with Gasteiger partial charge >= 0.3 is 0 Å². The second kappa shape index (κ2) is 5.18. The molecule has 0 bridgehead atoms. The molecule has 2 aromatic rings. The molecule has 5 heteroatoms. The molecule has 2 heterocycles. The van der Waals surface area contributed by atoms with Crippen LogP contribution in [0.3, 0.4) is 0 Å². The second-order valence-electron chi connectivity index (χ2n) is 4.48. The Morgan fingerprint density at radius 2 is 2.11 bits per heavy atom. The molecule has 0 saturated heterocycles. The molecular weight excluding hydrogens is 228 g/mol. The first-order valence-electron chi connectivity index (χ1n) is 5.93. The van der Waals surface area contributed by atoms with E-state index in [9.17, 15) is 0 Å². The predicted molar refractivity (Wildman–Crippen MR) is 69.2 cm³/mol. The Balaban J connectivity index is 2.25. The molecule has 0 amide bonds. The number of aryl methyl sites for hydroxylation is 1. The Morgan fingerprint density at radius 1 is 1.33 bits per heavy atom. The highest BCUT2D eigenvalue weighted by Gasteiger charge is 2.13. The standard InChI is InChI=1S/C13H18N4O/c1-9(2)18-11-6-10(7-15-8-11)13(14)12-4-5-16-17(12)3/h4-9,13H,14H2,1-3H3. The molecule has 2 N–H and O–H groups in total. The SMILES string of the molecule is CC(C)Oc1cncc(C(N)c2ccnn2C)c1. The molecule has 0 aliphatic carbocycles. The van der Waals surface area contributed by atoms with Gasteiger partial charge in [-0.2, -0.15) is 5.10 Å². The monoisotopic (exact) mass is 246 g/mol. The van der Waals surface area contributed by atoms with Gasteiger partial charge in [0, 0.05) is 19.4 Å². The summed E-state index contributed by atoms with van der Waals surface area (Å²) in [7, 11) is 1.87. The van der Waals surface area contributed by atoms with Gasteiger partial charge in [-0.1, -0.05) is 0 Å². The Morgan fingerprint density at radius 3 is 2.72 bits per heavy atom. The van der Waals surface area contributed by atoms with Crippen LogP contribution in [0.25, 0.3) is 0 Å². The Hall–Kier alpha value is -1.88. The average molecular weight is 246 g/mol. The van der Waals surface area contributed by atoms with Crippen molar-refractivity contribution in [1.82, 2.24) is 14.8 Å². The molecule has 0 saturated carbocycles. The normalized spacial score (nSPS) is 12.7. The third-order valence-corrected chi connectivity index (χ3v) is 2.64. The number of rotatable bonds is 4. The van der Waals surface area contributed by atoms with Crippen LogP contribution in [-0.2, 0) is 7.05 Å². The summed E-state index contributed by atoms with van der Waals surface area (Å²) in [5, 5.41) is 4.12. The summed E-state index contributed by atoms with van der Waals surface area (Å²) in [4.78, 5) is 4.16. The number of nitrogens with two attached hydrogens (primary N) is 1. The zero-order valence-electron chi connectivity index (χ0n) is 10.9. The molecule has 1 unspecified atom stereocenters. The highest BCUT2D eigenvalue weighted by Crippen LogP contribution is 2.22. The lowest BCUT2D eigenvalue weighted by molar-refractivity contribution is 0.241. The maximum atomic E-state index is 6.20. The van der Waals surface area contributed by atoms with Crippen LogP contribution in [-0.4, -0.2) is 20.9 Å². The van der Waals surface area contributed by atoms with Gasteiger partial charge in [-0.15, -0.1) is 0 Å². The minimum absolute atomic E-state index is 0.120. The Labute approximate surface area is 107 Å². The maximum Gasteiger partial charge on any atom is 0.138 e. The zero-order valence-corrected chi connectivity index (χ0v) is 10.9. The van der Waals surface area contributed by atoms with Crippen molar-refractivity contribution in [2.24, 2.45) is 12.8 Å². The van der Waals surface area contributed by atoms with E-state index >= 15 is 0 Å². The first-order chi connectivity index (χ1) is 8.58. The molecule has 0 aliphatic rings. The van der Waals surface area contributed by atoms with Crippen molar-refractivity contribution >= 4 is 0 Å². The van der Waals surface area contributed by atoms with E-state index in [0.29, 0.717) is 0 Å². The van der Waals surface area contributed by atoms with Crippen molar-refractivity contribution < 1.29 is 4.74 Å². The summed E-state index contributed by atoms with van der Waals surface area (Å²) in [6.45, 7) is 3.96. The lowest BCUT2D eigenvalue weighted by atomic mass is 10.1. The molecule has 18 heavy (non-hydrogen) atoms. The van der Waals surface area contributed by atoms with Gasteiger partial charge in [0.05, 0.1) is 24.0 Å². The van der Waals surface area contributed by atoms with E-state index < -0.39 is 0 Å². The molecule has 2 aromatic heterocycles. The van der Waals surface area contributed by atoms with E-state index in [1.807, 2.05) is 33.0 Å². The fourth-order valence-corrected chi connectivity index (χ4v) is 1.80. The van der Waals surface area contributed by atoms with E-state index in [4.69, 9.17) is 10.5 Å². The van der Waals surface area contributed by atoms with Gasteiger partial charge in [0.2, 0.25) is 0 Å². The van der Waals surface area contributed by atoms with Crippen LogP contribution < -0.4 is 10.5 Å². The highest BCUT2D eigenvalue weighted by molar-refractivity contribution is 5.30. The van der Waals surface area contributed by atoms with Gasteiger partial charge in [-0.3, -0.25) is 9.67 Å². The third kappa shape index (κ3) is 2.68. The first-order valence-corrected chi connectivity index (χ1v) is 5.93. The van der Waals surface area contributed by atoms with Gasteiger partial charge in [0.15, 0.2) is 0 Å². The van der Waals surface area contributed by atoms with Crippen molar-refractivity contribution in [1.29, 1.82) is 0 Å². The van der Waals surface area contributed by atoms with Crippen LogP contribution in [0.4, 0.5) is 0 Å². The van der Waals surface area contributed by atoms with E-state index in [-0.39, 0.29) is 12.1 Å². The molecule has 0 radical (unpaired) electrons. The van der Waals surface area contributed by atoms with Crippen LogP contribution in [0.5, 0.6) is 5.75 Å². The summed E-state index contributed by atoms with van der Waals surface area (Å²) in [6, 6.07) is 3.58. The van der Waals surface area contributed by atoms with Gasteiger partial charge in [-0.25, -0.2) is 0 Å². The highest BCUT2D eigenvalue weighted by atomic mass is 16.5. The Kier molecular flexibility index (Phi) is 3.62. The van der Waals surface area contributed by atoms with Gasteiger partial charge in [-0.05, 0) is 31.5 Å². The van der Waals surface area contributed by atoms with Crippen LogP contribution in [0.2, 0.25) is 0 Å². The minimum atomic E-state index is -0.249. The van der Waals surface area contributed by atoms with E-state index in [2.05, 4.69) is 10.1 Å². The quantitative estimate of drug-likeness (QED) is 0.890. The van der Waals surface area contributed by atoms with Crippen molar-refractivity contribution in [2.75, 3.05) is 0 Å². The summed E-state index contributed by atoms with van der Waals surface area (Å²) < 4.78 is 7.38. The number of nitrogens with zero attached hydrogens (tertiary/aromatic N) is 3. The first kappa shape index (κ1) is 12.6. The number of aromatic nitrogens is 3. The van der Waals surface area contributed by atoms with Crippen LogP contribution in [0.1, 0.15) is 31.1 Å². The van der Waals surface area contributed by atoms with Crippen LogP contribution in [0, 0.1) is 0 Å². The summed E-state index contributed by atoms with van der Waals surface area (Å²) in [5.74, 6) is 0.736. The fourth-order valence-electron chi connectivity index (χ4n) is 1.80. The number of hydrogen-bond acceptors (Lipinski definition) is 4. The lowest BCUT2D eigenvalue weighted by Gasteiger charge is -2.14. The molecule has 5 nitrogen and oxygen atoms in total. The molecular formula is C13H18N4O. The zero-order chi connectivity index (χ0) is 13.1. The van der Waals surface area contributed by atoms with Crippen molar-refractivity contribution in [3.05, 3.63) is 42.0 Å². The maximum absolute atomic E-state index is 6.20. The van der Waals surface area contributed by atoms with Gasteiger partial charge in [0.1, 0.15) is 5.75 Å². The molecule has 96 valence electrons. The molecule has 1 atom stereocenters. The van der Waals surface area contributed by atoms with Crippen molar-refractivity contribution in [3.8, 4) is 5.75 Å². The summed E-state index contributed by atoms with van der Waals surface area (Å²) >= 11 is 0. The summed E-state index contributed by atoms with van der Waals surface area (Å²) in [5.41, 5.74) is 8.06. The van der Waals surface area contributed by atoms with E-state index in [1.54, 1.807) is 23.3 Å². The van der Waals surface area contributed by atoms with Crippen LogP contribution in [0.15, 0.2) is 30.7 Å². The molecule has 0 aromatic carbocycles.